The minimum absolute atomic E-state index is 0.0539. The number of benzene rings is 2. The Morgan fingerprint density at radius 2 is 1.75 bits per heavy atom. The van der Waals surface area contributed by atoms with E-state index in [0.29, 0.717) is 23.8 Å². The van der Waals surface area contributed by atoms with Crippen LogP contribution in [0.2, 0.25) is 0 Å². The molecule has 1 unspecified atom stereocenters. The number of hydrogen-bond acceptors (Lipinski definition) is 3. The van der Waals surface area contributed by atoms with Gasteiger partial charge < -0.3 is 10.6 Å². The summed E-state index contributed by atoms with van der Waals surface area (Å²) in [6, 6.07) is 14.9. The minimum atomic E-state index is -0.334. The molecule has 4 rings (SSSR count). The quantitative estimate of drug-likeness (QED) is 0.809. The van der Waals surface area contributed by atoms with Crippen LogP contribution in [0.3, 0.4) is 0 Å². The Balaban J connectivity index is 1.42. The predicted molar refractivity (Wildman–Crippen MR) is 91.6 cm³/mol. The zero-order chi connectivity index (χ0) is 16.5. The Bertz CT molecular complexity index is 781. The second kappa shape index (κ2) is 6.09. The molecule has 0 saturated heterocycles. The monoisotopic (exact) mass is 321 g/mol. The van der Waals surface area contributed by atoms with E-state index in [0.717, 1.165) is 24.0 Å². The Hall–Kier alpha value is -2.66. The molecule has 2 aromatic rings. The summed E-state index contributed by atoms with van der Waals surface area (Å²) in [6.07, 6.45) is 2.13. The fourth-order valence-electron chi connectivity index (χ4n) is 2.95. The first-order valence-electron chi connectivity index (χ1n) is 8.24. The molecule has 1 heterocycles. The van der Waals surface area contributed by atoms with Crippen molar-refractivity contribution in [3.05, 3.63) is 65.2 Å². The molecule has 0 aromatic heterocycles. The van der Waals surface area contributed by atoms with Gasteiger partial charge in [0.25, 0.3) is 5.91 Å². The lowest BCUT2D eigenvalue weighted by atomic mass is 10.0. The number of rotatable bonds is 4. The summed E-state index contributed by atoms with van der Waals surface area (Å²) in [6.45, 7) is 0.703. The van der Waals surface area contributed by atoms with E-state index in [2.05, 4.69) is 16.0 Å². The van der Waals surface area contributed by atoms with Gasteiger partial charge in [-0.2, -0.15) is 0 Å². The van der Waals surface area contributed by atoms with E-state index in [9.17, 15) is 9.59 Å². The van der Waals surface area contributed by atoms with Gasteiger partial charge >= 0.3 is 0 Å². The molecule has 5 heteroatoms. The van der Waals surface area contributed by atoms with Gasteiger partial charge in [0.15, 0.2) is 0 Å². The third-order valence-corrected chi connectivity index (χ3v) is 4.45. The van der Waals surface area contributed by atoms with Gasteiger partial charge in [-0.25, -0.2) is 0 Å². The molecular formula is C19H19N3O2. The van der Waals surface area contributed by atoms with Gasteiger partial charge in [-0.1, -0.05) is 24.3 Å². The van der Waals surface area contributed by atoms with E-state index >= 15 is 0 Å². The smallest absolute Gasteiger partial charge is 0.251 e. The highest BCUT2D eigenvalue weighted by Gasteiger charge is 2.27. The average molecular weight is 321 g/mol. The van der Waals surface area contributed by atoms with Crippen LogP contribution < -0.4 is 16.0 Å². The molecule has 5 nitrogen and oxygen atoms in total. The van der Waals surface area contributed by atoms with Gasteiger partial charge in [-0.05, 0) is 48.2 Å². The summed E-state index contributed by atoms with van der Waals surface area (Å²) >= 11 is 0. The Morgan fingerprint density at radius 3 is 2.50 bits per heavy atom. The first-order chi connectivity index (χ1) is 11.7. The number of nitrogens with one attached hydrogen (secondary N) is 3. The van der Waals surface area contributed by atoms with Gasteiger partial charge in [-0.15, -0.1) is 0 Å². The maximum absolute atomic E-state index is 12.5. The van der Waals surface area contributed by atoms with E-state index < -0.39 is 0 Å². The molecule has 0 spiro atoms. The third-order valence-electron chi connectivity index (χ3n) is 4.45. The molecule has 3 N–H and O–H groups in total. The van der Waals surface area contributed by atoms with Crippen LogP contribution >= 0.6 is 0 Å². The molecule has 1 aliphatic heterocycles. The lowest BCUT2D eigenvalue weighted by molar-refractivity contribution is -0.118. The van der Waals surface area contributed by atoms with Crippen LogP contribution in [0.25, 0.3) is 0 Å². The lowest BCUT2D eigenvalue weighted by Crippen LogP contribution is -2.28. The number of fused-ring (bicyclic) bond motifs is 1. The summed E-state index contributed by atoms with van der Waals surface area (Å²) in [5, 5.41) is 9.08. The second-order valence-electron chi connectivity index (χ2n) is 6.33. The molecule has 0 bridgehead atoms. The van der Waals surface area contributed by atoms with Crippen molar-refractivity contribution in [1.29, 1.82) is 0 Å². The van der Waals surface area contributed by atoms with E-state index in [1.165, 1.54) is 0 Å². The molecule has 1 aliphatic carbocycles. The van der Waals surface area contributed by atoms with E-state index in [1.807, 2.05) is 24.3 Å². The van der Waals surface area contributed by atoms with Crippen molar-refractivity contribution in [3.63, 3.8) is 0 Å². The van der Waals surface area contributed by atoms with Crippen LogP contribution in [0.15, 0.2) is 48.5 Å². The molecule has 2 amide bonds. The summed E-state index contributed by atoms with van der Waals surface area (Å²) in [5.41, 5.74) is 3.48. The number of hydrogen-bond donors (Lipinski definition) is 3. The van der Waals surface area contributed by atoms with Gasteiger partial charge in [0, 0.05) is 23.8 Å². The first kappa shape index (κ1) is 14.9. The van der Waals surface area contributed by atoms with Crippen LogP contribution in [0.1, 0.15) is 40.4 Å². The van der Waals surface area contributed by atoms with Gasteiger partial charge in [0.05, 0.1) is 0 Å². The maximum Gasteiger partial charge on any atom is 0.251 e. The number of amides is 2. The second-order valence-corrected chi connectivity index (χ2v) is 6.33. The van der Waals surface area contributed by atoms with E-state index in [1.54, 1.807) is 24.3 Å². The number of carbonyl (C=O) groups excluding carboxylic acids is 2. The van der Waals surface area contributed by atoms with Crippen LogP contribution in [0.4, 0.5) is 5.69 Å². The number of anilines is 1. The molecule has 24 heavy (non-hydrogen) atoms. The summed E-state index contributed by atoms with van der Waals surface area (Å²) in [5.74, 6) is -0.142. The first-order valence-corrected chi connectivity index (χ1v) is 8.24. The third kappa shape index (κ3) is 3.03. The van der Waals surface area contributed by atoms with Crippen molar-refractivity contribution in [3.8, 4) is 0 Å². The maximum atomic E-state index is 12.5. The standard InChI is InChI=1S/C19H19N3O2/c23-18(21-15-9-10-15)12-5-7-14(8-6-12)22-19(24)17-16-4-2-1-3-13(16)11-20-17/h1-8,15,17,20H,9-11H2,(H,21,23)(H,22,24). The molecule has 2 aromatic carbocycles. The molecule has 0 radical (unpaired) electrons. The normalized spacial score (nSPS) is 18.8. The van der Waals surface area contributed by atoms with Crippen molar-refractivity contribution < 1.29 is 9.59 Å². The Labute approximate surface area is 140 Å². The van der Waals surface area contributed by atoms with Crippen LogP contribution in [0, 0.1) is 0 Å². The van der Waals surface area contributed by atoms with Gasteiger partial charge in [0.1, 0.15) is 6.04 Å². The zero-order valence-electron chi connectivity index (χ0n) is 13.2. The molecule has 1 fully saturated rings. The van der Waals surface area contributed by atoms with Crippen molar-refractivity contribution in [2.75, 3.05) is 5.32 Å². The van der Waals surface area contributed by atoms with Crippen molar-refractivity contribution in [2.45, 2.75) is 31.5 Å². The summed E-state index contributed by atoms with van der Waals surface area (Å²) < 4.78 is 0. The van der Waals surface area contributed by atoms with Gasteiger partial charge in [0.2, 0.25) is 5.91 Å². The highest BCUT2D eigenvalue weighted by atomic mass is 16.2. The number of carbonyl (C=O) groups is 2. The summed E-state index contributed by atoms with van der Waals surface area (Å²) in [4.78, 5) is 24.5. The molecule has 2 aliphatic rings. The van der Waals surface area contributed by atoms with Crippen molar-refractivity contribution in [2.24, 2.45) is 0 Å². The lowest BCUT2D eigenvalue weighted by Gasteiger charge is -2.13. The fourth-order valence-corrected chi connectivity index (χ4v) is 2.95. The molecule has 1 atom stereocenters. The van der Waals surface area contributed by atoms with E-state index in [-0.39, 0.29) is 17.9 Å². The molecular weight excluding hydrogens is 302 g/mol. The average Bonchev–Trinajstić information content (AvgIpc) is 3.30. The highest BCUT2D eigenvalue weighted by molar-refractivity contribution is 5.98. The van der Waals surface area contributed by atoms with Gasteiger partial charge in [-0.3, -0.25) is 14.9 Å². The summed E-state index contributed by atoms with van der Waals surface area (Å²) in [7, 11) is 0. The largest absolute Gasteiger partial charge is 0.349 e. The Morgan fingerprint density at radius 1 is 1.00 bits per heavy atom. The minimum Gasteiger partial charge on any atom is -0.349 e. The van der Waals surface area contributed by atoms with Crippen molar-refractivity contribution in [1.82, 2.24) is 10.6 Å². The SMILES string of the molecule is O=C(NC1CC1)c1ccc(NC(=O)C2NCc3ccccc32)cc1. The zero-order valence-corrected chi connectivity index (χ0v) is 13.2. The highest BCUT2D eigenvalue weighted by Crippen LogP contribution is 2.26. The van der Waals surface area contributed by atoms with E-state index in [4.69, 9.17) is 0 Å². The topological polar surface area (TPSA) is 70.2 Å². The van der Waals surface area contributed by atoms with Crippen LogP contribution in [-0.4, -0.2) is 17.9 Å². The van der Waals surface area contributed by atoms with Crippen LogP contribution in [0.5, 0.6) is 0 Å². The van der Waals surface area contributed by atoms with Crippen molar-refractivity contribution >= 4 is 17.5 Å². The molecule has 122 valence electrons. The fraction of sp³-hybridized carbons (Fsp3) is 0.263. The molecule has 1 saturated carbocycles. The predicted octanol–water partition coefficient (Wildman–Crippen LogP) is 2.36. The Kier molecular flexibility index (Phi) is 3.78. The van der Waals surface area contributed by atoms with Crippen LogP contribution in [-0.2, 0) is 11.3 Å².